The summed E-state index contributed by atoms with van der Waals surface area (Å²) in [6.45, 7) is -0.235. The van der Waals surface area contributed by atoms with Gasteiger partial charge in [-0.15, -0.1) is 0 Å². The van der Waals surface area contributed by atoms with Crippen LogP contribution in [0.1, 0.15) is 5.69 Å². The van der Waals surface area contributed by atoms with Gasteiger partial charge >= 0.3 is 0 Å². The molecule has 0 aliphatic carbocycles. The van der Waals surface area contributed by atoms with Crippen molar-refractivity contribution in [3.8, 4) is 5.82 Å². The smallest absolute Gasteiger partial charge is 0.178 e. The van der Waals surface area contributed by atoms with Gasteiger partial charge < -0.3 is 5.11 Å². The first kappa shape index (κ1) is 11.7. The molecule has 17 heavy (non-hydrogen) atoms. The molecule has 0 saturated carbocycles. The van der Waals surface area contributed by atoms with Gasteiger partial charge in [0.25, 0.3) is 0 Å². The maximum Gasteiger partial charge on any atom is 0.178 e. The number of rotatable bonds is 3. The molecule has 2 heterocycles. The zero-order chi connectivity index (χ0) is 12.5. The molecule has 0 aliphatic heterocycles. The van der Waals surface area contributed by atoms with Crippen LogP contribution in [0.15, 0.2) is 29.7 Å². The first-order chi connectivity index (χ1) is 8.00. The van der Waals surface area contributed by atoms with Crippen molar-refractivity contribution in [3.05, 3.63) is 30.5 Å². The molecule has 0 unspecified atom stereocenters. The van der Waals surface area contributed by atoms with Crippen molar-refractivity contribution in [1.82, 2.24) is 19.7 Å². The summed E-state index contributed by atoms with van der Waals surface area (Å²) in [5.41, 5.74) is 0.388. The Hall–Kier alpha value is -1.80. The molecular weight excluding hydrogens is 244 g/mol. The first-order valence-electron chi connectivity index (χ1n) is 4.67. The van der Waals surface area contributed by atoms with E-state index in [9.17, 15) is 8.42 Å². The van der Waals surface area contributed by atoms with Crippen molar-refractivity contribution in [2.24, 2.45) is 0 Å². The topological polar surface area (TPSA) is 98.0 Å². The van der Waals surface area contributed by atoms with E-state index < -0.39 is 9.84 Å². The molecular formula is C9H10N4O3S. The average Bonchev–Trinajstić information content (AvgIpc) is 2.78. The van der Waals surface area contributed by atoms with E-state index in [2.05, 4.69) is 15.1 Å². The molecule has 0 amide bonds. The van der Waals surface area contributed by atoms with Crippen molar-refractivity contribution in [2.45, 2.75) is 11.5 Å². The van der Waals surface area contributed by atoms with E-state index in [1.165, 1.54) is 29.5 Å². The molecule has 2 rings (SSSR count). The number of sulfone groups is 1. The van der Waals surface area contributed by atoms with Crippen molar-refractivity contribution < 1.29 is 13.5 Å². The summed E-state index contributed by atoms with van der Waals surface area (Å²) in [4.78, 5) is 8.03. The lowest BCUT2D eigenvalue weighted by molar-refractivity contribution is 0.276. The fourth-order valence-electron chi connectivity index (χ4n) is 1.20. The van der Waals surface area contributed by atoms with Gasteiger partial charge in [-0.05, 0) is 0 Å². The van der Waals surface area contributed by atoms with Gasteiger partial charge in [0.15, 0.2) is 15.7 Å². The SMILES string of the molecule is CS(=O)(=O)c1cnn(-c2cncc(CO)n2)c1. The van der Waals surface area contributed by atoms with E-state index in [1.54, 1.807) is 0 Å². The van der Waals surface area contributed by atoms with Crippen LogP contribution in [0.4, 0.5) is 0 Å². The molecule has 2 aromatic heterocycles. The van der Waals surface area contributed by atoms with Gasteiger partial charge in [0.05, 0.1) is 37.1 Å². The van der Waals surface area contributed by atoms with Gasteiger partial charge in [0.1, 0.15) is 4.90 Å². The van der Waals surface area contributed by atoms with Crippen molar-refractivity contribution in [1.29, 1.82) is 0 Å². The van der Waals surface area contributed by atoms with E-state index in [4.69, 9.17) is 5.11 Å². The molecule has 2 aromatic rings. The molecule has 0 spiro atoms. The fraction of sp³-hybridized carbons (Fsp3) is 0.222. The molecule has 0 aromatic carbocycles. The molecule has 7 nitrogen and oxygen atoms in total. The van der Waals surface area contributed by atoms with Crippen LogP contribution < -0.4 is 0 Å². The quantitative estimate of drug-likeness (QED) is 0.797. The molecule has 0 aliphatic rings. The minimum atomic E-state index is -3.29. The zero-order valence-corrected chi connectivity index (χ0v) is 9.79. The molecule has 0 atom stereocenters. The summed E-state index contributed by atoms with van der Waals surface area (Å²) in [7, 11) is -3.29. The highest BCUT2D eigenvalue weighted by atomic mass is 32.2. The highest BCUT2D eigenvalue weighted by Gasteiger charge is 2.11. The standard InChI is InChI=1S/C9H10N4O3S/c1-17(15,16)8-3-11-13(5-8)9-4-10-2-7(6-14)12-9/h2-5,14H,6H2,1H3. The van der Waals surface area contributed by atoms with Crippen LogP contribution in [-0.4, -0.2) is 39.5 Å². The van der Waals surface area contributed by atoms with Crippen LogP contribution in [0.25, 0.3) is 5.82 Å². The lowest BCUT2D eigenvalue weighted by atomic mass is 10.5. The van der Waals surface area contributed by atoms with Crippen molar-refractivity contribution in [3.63, 3.8) is 0 Å². The normalized spacial score (nSPS) is 11.6. The predicted molar refractivity (Wildman–Crippen MR) is 58.2 cm³/mol. The Balaban J connectivity index is 2.43. The third-order valence-electron chi connectivity index (χ3n) is 2.06. The number of aliphatic hydroxyl groups is 1. The third kappa shape index (κ3) is 2.48. The monoisotopic (exact) mass is 254 g/mol. The first-order valence-corrected chi connectivity index (χ1v) is 6.57. The average molecular weight is 254 g/mol. The van der Waals surface area contributed by atoms with Crippen LogP contribution in [0, 0.1) is 0 Å². The van der Waals surface area contributed by atoms with Gasteiger partial charge in [0.2, 0.25) is 0 Å². The lowest BCUT2D eigenvalue weighted by Gasteiger charge is -2.00. The third-order valence-corrected chi connectivity index (χ3v) is 3.12. The fourth-order valence-corrected chi connectivity index (χ4v) is 1.73. The molecule has 0 fully saturated rings. The van der Waals surface area contributed by atoms with E-state index in [0.717, 1.165) is 6.26 Å². The van der Waals surface area contributed by atoms with Crippen molar-refractivity contribution >= 4 is 9.84 Å². The summed E-state index contributed by atoms with van der Waals surface area (Å²) in [6.07, 6.45) is 6.54. The highest BCUT2D eigenvalue weighted by molar-refractivity contribution is 7.90. The summed E-state index contributed by atoms with van der Waals surface area (Å²) in [5, 5.41) is 12.8. The van der Waals surface area contributed by atoms with Crippen LogP contribution in [0.3, 0.4) is 0 Å². The maximum atomic E-state index is 11.3. The Morgan fingerprint density at radius 2 is 2.12 bits per heavy atom. The van der Waals surface area contributed by atoms with Gasteiger partial charge in [-0.25, -0.2) is 18.1 Å². The van der Waals surface area contributed by atoms with Crippen molar-refractivity contribution in [2.75, 3.05) is 6.26 Å². The Kier molecular flexibility index (Phi) is 2.90. The Labute approximate surface area is 97.7 Å². The van der Waals surface area contributed by atoms with Crippen LogP contribution in [0.5, 0.6) is 0 Å². The molecule has 90 valence electrons. The van der Waals surface area contributed by atoms with Gasteiger partial charge in [0, 0.05) is 6.26 Å². The van der Waals surface area contributed by atoms with Crippen LogP contribution >= 0.6 is 0 Å². The summed E-state index contributed by atoms with van der Waals surface area (Å²) >= 11 is 0. The Morgan fingerprint density at radius 3 is 2.71 bits per heavy atom. The van der Waals surface area contributed by atoms with E-state index in [1.807, 2.05) is 0 Å². The largest absolute Gasteiger partial charge is 0.390 e. The van der Waals surface area contributed by atoms with Crippen LogP contribution in [0.2, 0.25) is 0 Å². The Morgan fingerprint density at radius 1 is 1.35 bits per heavy atom. The van der Waals surface area contributed by atoms with Gasteiger partial charge in [-0.1, -0.05) is 0 Å². The minimum absolute atomic E-state index is 0.105. The molecule has 1 N–H and O–H groups in total. The summed E-state index contributed by atoms with van der Waals surface area (Å²) in [5.74, 6) is 0.353. The highest BCUT2D eigenvalue weighted by Crippen LogP contribution is 2.10. The lowest BCUT2D eigenvalue weighted by Crippen LogP contribution is -2.02. The number of aromatic nitrogens is 4. The van der Waals surface area contributed by atoms with Gasteiger partial charge in [-0.2, -0.15) is 5.10 Å². The van der Waals surface area contributed by atoms with Crippen LogP contribution in [-0.2, 0) is 16.4 Å². The number of aliphatic hydroxyl groups excluding tert-OH is 1. The summed E-state index contributed by atoms with van der Waals surface area (Å²) in [6, 6.07) is 0. The zero-order valence-electron chi connectivity index (χ0n) is 8.98. The van der Waals surface area contributed by atoms with Gasteiger partial charge in [-0.3, -0.25) is 4.98 Å². The molecule has 8 heteroatoms. The molecule has 0 saturated heterocycles. The second-order valence-corrected chi connectivity index (χ2v) is 5.44. The maximum absolute atomic E-state index is 11.3. The van der Waals surface area contributed by atoms with E-state index in [-0.39, 0.29) is 11.5 Å². The van der Waals surface area contributed by atoms with E-state index in [0.29, 0.717) is 11.5 Å². The number of hydrogen-bond donors (Lipinski definition) is 1. The second-order valence-electron chi connectivity index (χ2n) is 3.42. The number of hydrogen-bond acceptors (Lipinski definition) is 6. The Bertz CT molecular complexity index is 635. The minimum Gasteiger partial charge on any atom is -0.390 e. The van der Waals surface area contributed by atoms with E-state index >= 15 is 0 Å². The molecule has 0 bridgehead atoms. The molecule has 0 radical (unpaired) electrons. The second kappa shape index (κ2) is 4.22. The number of nitrogens with zero attached hydrogens (tertiary/aromatic N) is 4. The predicted octanol–water partition coefficient (Wildman–Crippen LogP) is -0.442. The summed E-state index contributed by atoms with van der Waals surface area (Å²) < 4.78 is 23.8.